The molecular weight excluding hydrogens is 312 g/mol. The molecule has 2 aromatic carbocycles. The summed E-state index contributed by atoms with van der Waals surface area (Å²) in [5.74, 6) is 0.631. The van der Waals surface area contributed by atoms with Crippen molar-refractivity contribution in [2.45, 2.75) is 26.7 Å². The molecule has 5 heteroatoms. The number of rotatable bonds is 6. The Kier molecular flexibility index (Phi) is 5.23. The van der Waals surface area contributed by atoms with Gasteiger partial charge in [-0.25, -0.2) is 9.97 Å². The molecule has 0 saturated carbocycles. The number of nitrogens with zero attached hydrogens (tertiary/aromatic N) is 2. The molecule has 5 nitrogen and oxygen atoms in total. The lowest BCUT2D eigenvalue weighted by Gasteiger charge is -2.09. The average molecular weight is 334 g/mol. The predicted molar refractivity (Wildman–Crippen MR) is 102 cm³/mol. The molecule has 0 aliphatic carbocycles. The average Bonchev–Trinajstić information content (AvgIpc) is 2.58. The fraction of sp³-hybridized carbons (Fsp3) is 0.250. The standard InChI is InChI=1S/C20H22N4O/c1-14-13-15(2)23-20(22-14)21-12-6-11-19(25)24-18-10-5-8-16-7-3-4-9-17(16)18/h3-5,7-10,13H,6,11-12H2,1-2H3,(H,24,25)(H,21,22,23). The summed E-state index contributed by atoms with van der Waals surface area (Å²) in [7, 11) is 0. The molecule has 128 valence electrons. The van der Waals surface area contributed by atoms with Crippen LogP contribution < -0.4 is 10.6 Å². The highest BCUT2D eigenvalue weighted by molar-refractivity contribution is 6.02. The van der Waals surface area contributed by atoms with Crippen LogP contribution >= 0.6 is 0 Å². The summed E-state index contributed by atoms with van der Waals surface area (Å²) in [4.78, 5) is 20.9. The van der Waals surface area contributed by atoms with Crippen LogP contribution in [0.4, 0.5) is 11.6 Å². The van der Waals surface area contributed by atoms with Gasteiger partial charge in [0, 0.05) is 35.4 Å². The molecule has 0 atom stereocenters. The van der Waals surface area contributed by atoms with Crippen LogP contribution in [0.1, 0.15) is 24.2 Å². The van der Waals surface area contributed by atoms with Gasteiger partial charge in [0.05, 0.1) is 0 Å². The van der Waals surface area contributed by atoms with E-state index in [2.05, 4.69) is 20.6 Å². The zero-order valence-electron chi connectivity index (χ0n) is 14.5. The third-order valence-electron chi connectivity index (χ3n) is 3.91. The van der Waals surface area contributed by atoms with Crippen LogP contribution in [-0.2, 0) is 4.79 Å². The zero-order chi connectivity index (χ0) is 17.6. The zero-order valence-corrected chi connectivity index (χ0v) is 14.5. The number of aryl methyl sites for hydroxylation is 2. The van der Waals surface area contributed by atoms with Crippen molar-refractivity contribution < 1.29 is 4.79 Å². The van der Waals surface area contributed by atoms with Gasteiger partial charge in [0.15, 0.2) is 0 Å². The number of carbonyl (C=O) groups excluding carboxylic acids is 1. The lowest BCUT2D eigenvalue weighted by atomic mass is 10.1. The van der Waals surface area contributed by atoms with E-state index in [1.165, 1.54) is 0 Å². The Hall–Kier alpha value is -2.95. The fourth-order valence-corrected chi connectivity index (χ4v) is 2.80. The van der Waals surface area contributed by atoms with Crippen molar-refractivity contribution >= 4 is 28.3 Å². The second-order valence-corrected chi connectivity index (χ2v) is 6.08. The Balaban J connectivity index is 1.51. The molecule has 0 saturated heterocycles. The van der Waals surface area contributed by atoms with Crippen LogP contribution in [0.15, 0.2) is 48.5 Å². The predicted octanol–water partition coefficient (Wildman–Crippen LogP) is 4.08. The Labute approximate surface area is 147 Å². The maximum absolute atomic E-state index is 12.2. The quantitative estimate of drug-likeness (QED) is 0.667. The molecule has 0 unspecified atom stereocenters. The van der Waals surface area contributed by atoms with Crippen molar-refractivity contribution in [3.63, 3.8) is 0 Å². The number of amides is 1. The van der Waals surface area contributed by atoms with Crippen molar-refractivity contribution in [1.82, 2.24) is 9.97 Å². The third-order valence-corrected chi connectivity index (χ3v) is 3.91. The largest absolute Gasteiger partial charge is 0.354 e. The van der Waals surface area contributed by atoms with Gasteiger partial charge in [-0.3, -0.25) is 4.79 Å². The van der Waals surface area contributed by atoms with Crippen LogP contribution in [0.5, 0.6) is 0 Å². The number of carbonyl (C=O) groups is 1. The number of hydrogen-bond acceptors (Lipinski definition) is 4. The van der Waals surface area contributed by atoms with Gasteiger partial charge in [0.1, 0.15) is 0 Å². The Morgan fingerprint density at radius 1 is 1.00 bits per heavy atom. The highest BCUT2D eigenvalue weighted by Crippen LogP contribution is 2.23. The minimum absolute atomic E-state index is 0.0134. The van der Waals surface area contributed by atoms with E-state index in [9.17, 15) is 4.79 Å². The second kappa shape index (κ2) is 7.75. The fourth-order valence-electron chi connectivity index (χ4n) is 2.80. The van der Waals surface area contributed by atoms with Crippen molar-refractivity contribution in [2.75, 3.05) is 17.2 Å². The lowest BCUT2D eigenvalue weighted by Crippen LogP contribution is -2.14. The van der Waals surface area contributed by atoms with E-state index in [1.54, 1.807) is 0 Å². The van der Waals surface area contributed by atoms with Crippen LogP contribution in [-0.4, -0.2) is 22.4 Å². The first-order valence-corrected chi connectivity index (χ1v) is 8.45. The summed E-state index contributed by atoms with van der Waals surface area (Å²) in [6, 6.07) is 15.9. The van der Waals surface area contributed by atoms with Crippen LogP contribution in [0, 0.1) is 13.8 Å². The van der Waals surface area contributed by atoms with Crippen molar-refractivity contribution in [1.29, 1.82) is 0 Å². The van der Waals surface area contributed by atoms with Crippen molar-refractivity contribution in [3.05, 3.63) is 59.9 Å². The van der Waals surface area contributed by atoms with Gasteiger partial charge >= 0.3 is 0 Å². The number of benzene rings is 2. The highest BCUT2D eigenvalue weighted by atomic mass is 16.1. The van der Waals surface area contributed by atoms with E-state index >= 15 is 0 Å². The van der Waals surface area contributed by atoms with E-state index in [0.29, 0.717) is 25.3 Å². The molecule has 0 aliphatic rings. The first kappa shape index (κ1) is 16.9. The lowest BCUT2D eigenvalue weighted by molar-refractivity contribution is -0.116. The molecular formula is C20H22N4O. The summed E-state index contributed by atoms with van der Waals surface area (Å²) in [6.45, 7) is 4.54. The molecule has 1 amide bonds. The van der Waals surface area contributed by atoms with Gasteiger partial charge in [-0.05, 0) is 37.8 Å². The summed E-state index contributed by atoms with van der Waals surface area (Å²) >= 11 is 0. The number of aromatic nitrogens is 2. The normalized spacial score (nSPS) is 10.6. The maximum atomic E-state index is 12.2. The molecule has 0 spiro atoms. The Morgan fingerprint density at radius 3 is 2.52 bits per heavy atom. The molecule has 0 aliphatic heterocycles. The topological polar surface area (TPSA) is 66.9 Å². The minimum atomic E-state index is 0.0134. The summed E-state index contributed by atoms with van der Waals surface area (Å²) in [6.07, 6.45) is 1.16. The van der Waals surface area contributed by atoms with E-state index in [1.807, 2.05) is 62.4 Å². The third kappa shape index (κ3) is 4.53. The molecule has 1 aromatic heterocycles. The summed E-state index contributed by atoms with van der Waals surface area (Å²) < 4.78 is 0. The van der Waals surface area contributed by atoms with E-state index < -0.39 is 0 Å². The van der Waals surface area contributed by atoms with Crippen LogP contribution in [0.25, 0.3) is 10.8 Å². The SMILES string of the molecule is Cc1cc(C)nc(NCCCC(=O)Nc2cccc3ccccc23)n1. The minimum Gasteiger partial charge on any atom is -0.354 e. The van der Waals surface area contributed by atoms with Crippen molar-refractivity contribution in [3.8, 4) is 0 Å². The van der Waals surface area contributed by atoms with Crippen molar-refractivity contribution in [2.24, 2.45) is 0 Å². The molecule has 3 aromatic rings. The van der Waals surface area contributed by atoms with Gasteiger partial charge in [-0.2, -0.15) is 0 Å². The second-order valence-electron chi connectivity index (χ2n) is 6.08. The number of fused-ring (bicyclic) bond motifs is 1. The number of nitrogens with one attached hydrogen (secondary N) is 2. The number of hydrogen-bond donors (Lipinski definition) is 2. The molecule has 2 N–H and O–H groups in total. The first-order chi connectivity index (χ1) is 12.1. The Bertz CT molecular complexity index is 866. The van der Waals surface area contributed by atoms with E-state index in [4.69, 9.17) is 0 Å². The monoisotopic (exact) mass is 334 g/mol. The van der Waals surface area contributed by atoms with Gasteiger partial charge in [-0.1, -0.05) is 36.4 Å². The van der Waals surface area contributed by atoms with Crippen LogP contribution in [0.3, 0.4) is 0 Å². The summed E-state index contributed by atoms with van der Waals surface area (Å²) in [5, 5.41) is 8.35. The van der Waals surface area contributed by atoms with Gasteiger partial charge < -0.3 is 10.6 Å². The molecule has 3 rings (SSSR count). The van der Waals surface area contributed by atoms with Gasteiger partial charge in [0.2, 0.25) is 11.9 Å². The Morgan fingerprint density at radius 2 is 1.72 bits per heavy atom. The smallest absolute Gasteiger partial charge is 0.224 e. The van der Waals surface area contributed by atoms with E-state index in [0.717, 1.165) is 27.8 Å². The molecule has 0 fully saturated rings. The van der Waals surface area contributed by atoms with Gasteiger partial charge in [-0.15, -0.1) is 0 Å². The molecule has 1 heterocycles. The van der Waals surface area contributed by atoms with Gasteiger partial charge in [0.25, 0.3) is 0 Å². The van der Waals surface area contributed by atoms with Crippen LogP contribution in [0.2, 0.25) is 0 Å². The molecule has 0 bridgehead atoms. The summed E-state index contributed by atoms with van der Waals surface area (Å²) in [5.41, 5.74) is 2.72. The highest BCUT2D eigenvalue weighted by Gasteiger charge is 2.06. The molecule has 25 heavy (non-hydrogen) atoms. The number of anilines is 2. The first-order valence-electron chi connectivity index (χ1n) is 8.45. The van der Waals surface area contributed by atoms with E-state index in [-0.39, 0.29) is 5.91 Å². The molecule has 0 radical (unpaired) electrons. The maximum Gasteiger partial charge on any atom is 0.224 e.